The zero-order valence-electron chi connectivity index (χ0n) is 17.2. The third-order valence-electron chi connectivity index (χ3n) is 5.35. The summed E-state index contributed by atoms with van der Waals surface area (Å²) in [6, 6.07) is 13.8. The molecule has 0 atom stereocenters. The first-order valence-corrected chi connectivity index (χ1v) is 11.5. The summed E-state index contributed by atoms with van der Waals surface area (Å²) in [6.45, 7) is 4.98. The maximum atomic E-state index is 13.1. The van der Waals surface area contributed by atoms with Crippen molar-refractivity contribution >= 4 is 46.8 Å². The van der Waals surface area contributed by atoms with Gasteiger partial charge in [0.2, 0.25) is 0 Å². The first-order chi connectivity index (χ1) is 14.6. The Morgan fingerprint density at radius 2 is 1.97 bits per heavy atom. The first-order valence-electron chi connectivity index (χ1n) is 9.96. The molecule has 7 heteroatoms. The summed E-state index contributed by atoms with van der Waals surface area (Å²) in [7, 11) is 1.70. The van der Waals surface area contributed by atoms with Crippen LogP contribution < -0.4 is 15.0 Å². The van der Waals surface area contributed by atoms with E-state index in [2.05, 4.69) is 16.3 Å². The van der Waals surface area contributed by atoms with Crippen LogP contribution in [0.25, 0.3) is 6.08 Å². The van der Waals surface area contributed by atoms with Crippen molar-refractivity contribution in [2.75, 3.05) is 36.6 Å². The molecule has 2 aromatic carbocycles. The number of methoxy groups -OCH3 is 1. The Morgan fingerprint density at radius 1 is 1.20 bits per heavy atom. The van der Waals surface area contributed by atoms with E-state index in [0.717, 1.165) is 59.3 Å². The molecule has 2 aromatic rings. The summed E-state index contributed by atoms with van der Waals surface area (Å²) < 4.78 is 5.57. The lowest BCUT2D eigenvalue weighted by molar-refractivity contribution is -0.113. The van der Waals surface area contributed by atoms with Crippen LogP contribution in [0.15, 0.2) is 48.2 Å². The van der Waals surface area contributed by atoms with Gasteiger partial charge in [-0.2, -0.15) is 11.8 Å². The molecule has 156 valence electrons. The van der Waals surface area contributed by atoms with Crippen LogP contribution in [0.1, 0.15) is 16.7 Å². The molecular formula is C23H25N3O2S2. The molecule has 1 N–H and O–H groups in total. The van der Waals surface area contributed by atoms with Gasteiger partial charge in [-0.1, -0.05) is 24.3 Å². The van der Waals surface area contributed by atoms with Crippen LogP contribution in [0, 0.1) is 6.92 Å². The maximum absolute atomic E-state index is 13.1. The highest BCUT2D eigenvalue weighted by molar-refractivity contribution is 7.99. The zero-order valence-corrected chi connectivity index (χ0v) is 18.8. The van der Waals surface area contributed by atoms with Gasteiger partial charge >= 0.3 is 0 Å². The van der Waals surface area contributed by atoms with Crippen molar-refractivity contribution in [3.63, 3.8) is 0 Å². The maximum Gasteiger partial charge on any atom is 0.281 e. The second-order valence-electron chi connectivity index (χ2n) is 7.38. The number of carbonyl (C=O) groups is 1. The molecule has 2 fully saturated rings. The van der Waals surface area contributed by atoms with Gasteiger partial charge in [0.15, 0.2) is 5.11 Å². The molecule has 0 aliphatic carbocycles. The Morgan fingerprint density at radius 3 is 2.70 bits per heavy atom. The number of carbonyl (C=O) groups excluding carboxylic acids is 1. The predicted octanol–water partition coefficient (Wildman–Crippen LogP) is 3.81. The Balaban J connectivity index is 1.60. The van der Waals surface area contributed by atoms with Gasteiger partial charge in [-0.3, -0.25) is 14.6 Å². The molecule has 2 saturated heterocycles. The van der Waals surface area contributed by atoms with E-state index in [1.165, 1.54) is 0 Å². The third kappa shape index (κ3) is 4.38. The molecule has 0 radical (unpaired) electrons. The highest BCUT2D eigenvalue weighted by Gasteiger charge is 2.32. The molecule has 0 aromatic heterocycles. The van der Waals surface area contributed by atoms with Crippen molar-refractivity contribution in [2.45, 2.75) is 13.5 Å². The van der Waals surface area contributed by atoms with Crippen LogP contribution in [0.2, 0.25) is 0 Å². The fraction of sp³-hybridized carbons (Fsp3) is 0.304. The van der Waals surface area contributed by atoms with Gasteiger partial charge in [-0.05, 0) is 54.5 Å². The highest BCUT2D eigenvalue weighted by atomic mass is 32.2. The van der Waals surface area contributed by atoms with E-state index < -0.39 is 0 Å². The summed E-state index contributed by atoms with van der Waals surface area (Å²) in [4.78, 5) is 17.1. The van der Waals surface area contributed by atoms with Crippen LogP contribution >= 0.6 is 24.0 Å². The molecule has 0 unspecified atom stereocenters. The number of ether oxygens (including phenoxy) is 1. The molecule has 5 nitrogen and oxygen atoms in total. The van der Waals surface area contributed by atoms with Crippen molar-refractivity contribution in [3.8, 4) is 5.75 Å². The van der Waals surface area contributed by atoms with Crippen LogP contribution in [0.4, 0.5) is 5.69 Å². The minimum atomic E-state index is -0.139. The number of nitrogens with zero attached hydrogens (tertiary/aromatic N) is 2. The number of aryl methyl sites for hydroxylation is 1. The number of anilines is 1. The molecule has 4 rings (SSSR count). The second-order valence-corrected chi connectivity index (χ2v) is 8.99. The second kappa shape index (κ2) is 9.20. The van der Waals surface area contributed by atoms with E-state index in [-0.39, 0.29) is 5.91 Å². The Kier molecular flexibility index (Phi) is 6.41. The molecule has 0 saturated carbocycles. The van der Waals surface area contributed by atoms with Gasteiger partial charge < -0.3 is 10.1 Å². The van der Waals surface area contributed by atoms with E-state index >= 15 is 0 Å². The fourth-order valence-electron chi connectivity index (χ4n) is 3.75. The summed E-state index contributed by atoms with van der Waals surface area (Å²) >= 11 is 7.45. The lowest BCUT2D eigenvalue weighted by Gasteiger charge is -2.26. The van der Waals surface area contributed by atoms with Crippen molar-refractivity contribution in [3.05, 3.63) is 64.9 Å². The predicted molar refractivity (Wildman–Crippen MR) is 128 cm³/mol. The number of nitrogens with one attached hydrogen (secondary N) is 1. The van der Waals surface area contributed by atoms with E-state index in [9.17, 15) is 4.79 Å². The topological polar surface area (TPSA) is 44.8 Å². The smallest absolute Gasteiger partial charge is 0.281 e. The standard InChI is InChI=1S/C23H25N3O2S2/c1-16-5-3-4-6-20(16)26-22(27)19(24-23(26)29)14-17-7-8-21(28-2)18(13-17)15-25-9-11-30-12-10-25/h3-8,13-14H,9-12,15H2,1-2H3,(H,24,29)/b19-14+. The van der Waals surface area contributed by atoms with E-state index in [1.54, 1.807) is 12.0 Å². The van der Waals surface area contributed by atoms with Gasteiger partial charge in [0, 0.05) is 36.7 Å². The summed E-state index contributed by atoms with van der Waals surface area (Å²) in [5.41, 5.74) is 4.36. The normalized spacial score (nSPS) is 18.7. The van der Waals surface area contributed by atoms with Gasteiger partial charge in [0.05, 0.1) is 12.8 Å². The summed E-state index contributed by atoms with van der Waals surface area (Å²) in [5, 5.41) is 3.48. The lowest BCUT2D eigenvalue weighted by atomic mass is 10.1. The van der Waals surface area contributed by atoms with Gasteiger partial charge in [-0.15, -0.1) is 0 Å². The van der Waals surface area contributed by atoms with Gasteiger partial charge in [-0.25, -0.2) is 0 Å². The number of amides is 1. The van der Waals surface area contributed by atoms with E-state index in [1.807, 2.05) is 61.2 Å². The van der Waals surface area contributed by atoms with E-state index in [0.29, 0.717) is 10.8 Å². The highest BCUT2D eigenvalue weighted by Crippen LogP contribution is 2.27. The summed E-state index contributed by atoms with van der Waals surface area (Å²) in [5.74, 6) is 3.06. The molecule has 2 aliphatic heterocycles. The quantitative estimate of drug-likeness (QED) is 0.565. The minimum Gasteiger partial charge on any atom is -0.496 e. The number of benzene rings is 2. The average Bonchev–Trinajstić information content (AvgIpc) is 3.02. The SMILES string of the molecule is COc1ccc(/C=C2/NC(=S)N(c3ccccc3C)C2=O)cc1CN1CCSCC1. The minimum absolute atomic E-state index is 0.139. The number of hydrogen-bond donors (Lipinski definition) is 1. The molecule has 1 amide bonds. The average molecular weight is 440 g/mol. The Bertz CT molecular complexity index is 1000. The van der Waals surface area contributed by atoms with E-state index in [4.69, 9.17) is 17.0 Å². The Hall–Kier alpha value is -2.35. The number of rotatable bonds is 5. The number of hydrogen-bond acceptors (Lipinski definition) is 5. The van der Waals surface area contributed by atoms with Gasteiger partial charge in [0.1, 0.15) is 11.4 Å². The fourth-order valence-corrected chi connectivity index (χ4v) is 5.02. The lowest BCUT2D eigenvalue weighted by Crippen LogP contribution is -2.32. The summed E-state index contributed by atoms with van der Waals surface area (Å²) in [6.07, 6.45) is 1.86. The number of thiocarbonyl (C=S) groups is 1. The molecule has 0 spiro atoms. The monoisotopic (exact) mass is 439 g/mol. The molecular weight excluding hydrogens is 414 g/mol. The molecule has 30 heavy (non-hydrogen) atoms. The van der Waals surface area contributed by atoms with Crippen LogP contribution in [0.3, 0.4) is 0 Å². The van der Waals surface area contributed by atoms with Crippen molar-refractivity contribution < 1.29 is 9.53 Å². The van der Waals surface area contributed by atoms with Crippen molar-refractivity contribution in [1.29, 1.82) is 0 Å². The largest absolute Gasteiger partial charge is 0.496 e. The van der Waals surface area contributed by atoms with Crippen molar-refractivity contribution in [2.24, 2.45) is 0 Å². The Labute approximate surface area is 187 Å². The van der Waals surface area contributed by atoms with Crippen LogP contribution in [-0.2, 0) is 11.3 Å². The molecule has 2 aliphatic rings. The van der Waals surface area contributed by atoms with Gasteiger partial charge in [0.25, 0.3) is 5.91 Å². The first kappa shape index (κ1) is 20.9. The van der Waals surface area contributed by atoms with Crippen LogP contribution in [-0.4, -0.2) is 47.6 Å². The van der Waals surface area contributed by atoms with Crippen molar-refractivity contribution in [1.82, 2.24) is 10.2 Å². The molecule has 0 bridgehead atoms. The zero-order chi connectivity index (χ0) is 21.1. The third-order valence-corrected chi connectivity index (χ3v) is 6.57. The number of thioether (sulfide) groups is 1. The molecule has 2 heterocycles. The van der Waals surface area contributed by atoms with Crippen LogP contribution in [0.5, 0.6) is 5.75 Å². The number of para-hydroxylation sites is 1.